The number of aryl methyl sites for hydroxylation is 1. The van der Waals surface area contributed by atoms with E-state index in [-0.39, 0.29) is 0 Å². The molecule has 4 heteroatoms. The van der Waals surface area contributed by atoms with Crippen LogP contribution in [0.1, 0.15) is 10.4 Å². The van der Waals surface area contributed by atoms with Gasteiger partial charge in [0.05, 0.1) is 5.02 Å². The molecule has 1 heterocycles. The van der Waals surface area contributed by atoms with E-state index < -0.39 is 0 Å². The third kappa shape index (κ3) is 2.68. The van der Waals surface area contributed by atoms with Gasteiger partial charge in [0.2, 0.25) is 0 Å². The molecule has 0 aliphatic heterocycles. The fourth-order valence-corrected chi connectivity index (χ4v) is 2.49. The van der Waals surface area contributed by atoms with Crippen LogP contribution in [-0.2, 0) is 6.54 Å². The van der Waals surface area contributed by atoms with Gasteiger partial charge in [-0.3, -0.25) is 0 Å². The second-order valence-electron chi connectivity index (χ2n) is 3.58. The zero-order chi connectivity index (χ0) is 11.5. The lowest BCUT2D eigenvalue weighted by Gasteiger charge is -2.08. The summed E-state index contributed by atoms with van der Waals surface area (Å²) in [5.74, 6) is 0.294. The Kier molecular flexibility index (Phi) is 3.36. The summed E-state index contributed by atoms with van der Waals surface area (Å²) in [6.45, 7) is 2.71. The number of aromatic hydroxyl groups is 1. The monoisotopic (exact) mass is 253 g/mol. The molecule has 0 unspecified atom stereocenters. The fourth-order valence-electron chi connectivity index (χ4n) is 1.48. The van der Waals surface area contributed by atoms with Crippen molar-refractivity contribution in [1.82, 2.24) is 0 Å². The quantitative estimate of drug-likeness (QED) is 0.810. The van der Waals surface area contributed by atoms with E-state index in [1.165, 1.54) is 4.88 Å². The van der Waals surface area contributed by atoms with E-state index in [4.69, 9.17) is 11.6 Å². The maximum atomic E-state index is 9.28. The Morgan fingerprint density at radius 3 is 2.81 bits per heavy atom. The number of hydrogen-bond acceptors (Lipinski definition) is 3. The van der Waals surface area contributed by atoms with Gasteiger partial charge in [-0.2, -0.15) is 0 Å². The number of phenolic OH excluding ortho intramolecular Hbond substituents is 1. The van der Waals surface area contributed by atoms with Crippen molar-refractivity contribution in [2.24, 2.45) is 0 Å². The third-order valence-electron chi connectivity index (χ3n) is 2.28. The molecule has 16 heavy (non-hydrogen) atoms. The average molecular weight is 254 g/mol. The molecular weight excluding hydrogens is 242 g/mol. The Morgan fingerprint density at radius 2 is 2.19 bits per heavy atom. The Balaban J connectivity index is 2.04. The van der Waals surface area contributed by atoms with Gasteiger partial charge in [0, 0.05) is 22.5 Å². The van der Waals surface area contributed by atoms with Crippen LogP contribution < -0.4 is 5.32 Å². The van der Waals surface area contributed by atoms with Crippen molar-refractivity contribution in [3.63, 3.8) is 0 Å². The summed E-state index contributed by atoms with van der Waals surface area (Å²) in [7, 11) is 0. The van der Waals surface area contributed by atoms with Crippen LogP contribution in [0.3, 0.4) is 0 Å². The topological polar surface area (TPSA) is 32.3 Å². The molecule has 2 rings (SSSR count). The zero-order valence-corrected chi connectivity index (χ0v) is 10.4. The molecular formula is C12H12ClNOS. The average Bonchev–Trinajstić information content (AvgIpc) is 2.63. The lowest BCUT2D eigenvalue weighted by Crippen LogP contribution is -1.98. The predicted molar refractivity (Wildman–Crippen MR) is 69.5 cm³/mol. The molecule has 0 saturated heterocycles. The van der Waals surface area contributed by atoms with Crippen molar-refractivity contribution in [1.29, 1.82) is 0 Å². The Hall–Kier alpha value is -1.19. The van der Waals surface area contributed by atoms with Crippen LogP contribution in [0.15, 0.2) is 29.6 Å². The van der Waals surface area contributed by atoms with E-state index >= 15 is 0 Å². The molecule has 0 amide bonds. The summed E-state index contributed by atoms with van der Waals surface area (Å²) in [6.07, 6.45) is 0. The van der Waals surface area contributed by atoms with Crippen molar-refractivity contribution < 1.29 is 5.11 Å². The summed E-state index contributed by atoms with van der Waals surface area (Å²) < 4.78 is 0. The van der Waals surface area contributed by atoms with E-state index in [9.17, 15) is 5.11 Å². The van der Waals surface area contributed by atoms with Crippen LogP contribution in [0, 0.1) is 6.92 Å². The number of hydrogen-bond donors (Lipinski definition) is 2. The van der Waals surface area contributed by atoms with Gasteiger partial charge >= 0.3 is 0 Å². The Labute approximate surface area is 104 Å². The zero-order valence-electron chi connectivity index (χ0n) is 8.83. The highest BCUT2D eigenvalue weighted by Gasteiger charge is 2.01. The van der Waals surface area contributed by atoms with Crippen molar-refractivity contribution in [3.8, 4) is 5.75 Å². The highest BCUT2D eigenvalue weighted by molar-refractivity contribution is 7.10. The molecule has 0 atom stereocenters. The highest BCUT2D eigenvalue weighted by atomic mass is 35.5. The van der Waals surface area contributed by atoms with Crippen molar-refractivity contribution in [2.45, 2.75) is 13.5 Å². The number of anilines is 1. The van der Waals surface area contributed by atoms with E-state index in [0.717, 1.165) is 22.8 Å². The summed E-state index contributed by atoms with van der Waals surface area (Å²) in [5, 5.41) is 15.3. The van der Waals surface area contributed by atoms with Gasteiger partial charge in [-0.25, -0.2) is 0 Å². The normalized spacial score (nSPS) is 10.4. The number of benzene rings is 1. The molecule has 1 aromatic carbocycles. The molecule has 2 aromatic rings. The lowest BCUT2D eigenvalue weighted by atomic mass is 10.2. The third-order valence-corrected chi connectivity index (χ3v) is 3.57. The fraction of sp³-hybridized carbons (Fsp3) is 0.167. The molecule has 2 nitrogen and oxygen atoms in total. The largest absolute Gasteiger partial charge is 0.508 e. The van der Waals surface area contributed by atoms with Crippen LogP contribution in [0.5, 0.6) is 5.75 Å². The molecule has 0 spiro atoms. The highest BCUT2D eigenvalue weighted by Crippen LogP contribution is 2.23. The van der Waals surface area contributed by atoms with Gasteiger partial charge < -0.3 is 10.4 Å². The Bertz CT molecular complexity index is 496. The number of rotatable bonds is 3. The minimum absolute atomic E-state index is 0.294. The van der Waals surface area contributed by atoms with Crippen LogP contribution in [0.4, 0.5) is 5.69 Å². The smallest absolute Gasteiger partial charge is 0.115 e. The van der Waals surface area contributed by atoms with E-state index in [1.54, 1.807) is 23.5 Å². The second kappa shape index (κ2) is 4.76. The standard InChI is InChI=1S/C12H12ClNOS/c1-8-4-10(15)2-3-12(8)14-6-11-5-9(13)7-16-11/h2-5,7,14-15H,6H2,1H3. The number of nitrogens with one attached hydrogen (secondary N) is 1. The minimum atomic E-state index is 0.294. The van der Waals surface area contributed by atoms with Crippen LogP contribution >= 0.6 is 22.9 Å². The number of halogens is 1. The molecule has 0 radical (unpaired) electrons. The Morgan fingerprint density at radius 1 is 1.38 bits per heavy atom. The lowest BCUT2D eigenvalue weighted by molar-refractivity contribution is 0.475. The molecule has 0 aliphatic rings. The van der Waals surface area contributed by atoms with Crippen molar-refractivity contribution >= 4 is 28.6 Å². The first-order valence-corrected chi connectivity index (χ1v) is 6.17. The van der Waals surface area contributed by atoms with Gasteiger partial charge in [0.15, 0.2) is 0 Å². The maximum absolute atomic E-state index is 9.28. The van der Waals surface area contributed by atoms with E-state index in [1.807, 2.05) is 24.4 Å². The first-order chi connectivity index (χ1) is 7.65. The first-order valence-electron chi connectivity index (χ1n) is 4.91. The molecule has 0 bridgehead atoms. The molecule has 0 aliphatic carbocycles. The molecule has 84 valence electrons. The molecule has 0 saturated carbocycles. The minimum Gasteiger partial charge on any atom is -0.508 e. The maximum Gasteiger partial charge on any atom is 0.115 e. The van der Waals surface area contributed by atoms with Crippen LogP contribution in [0.25, 0.3) is 0 Å². The van der Waals surface area contributed by atoms with Crippen LogP contribution in [-0.4, -0.2) is 5.11 Å². The summed E-state index contributed by atoms with van der Waals surface area (Å²) in [4.78, 5) is 1.19. The van der Waals surface area contributed by atoms with Gasteiger partial charge in [-0.1, -0.05) is 11.6 Å². The summed E-state index contributed by atoms with van der Waals surface area (Å²) >= 11 is 7.48. The van der Waals surface area contributed by atoms with E-state index in [0.29, 0.717) is 5.75 Å². The summed E-state index contributed by atoms with van der Waals surface area (Å²) in [6, 6.07) is 7.25. The van der Waals surface area contributed by atoms with Gasteiger partial charge in [0.1, 0.15) is 5.75 Å². The van der Waals surface area contributed by atoms with E-state index in [2.05, 4.69) is 5.32 Å². The van der Waals surface area contributed by atoms with Gasteiger partial charge in [0.25, 0.3) is 0 Å². The molecule has 1 aromatic heterocycles. The predicted octanol–water partition coefficient (Wildman–Crippen LogP) is 4.03. The van der Waals surface area contributed by atoms with Crippen molar-refractivity contribution in [2.75, 3.05) is 5.32 Å². The van der Waals surface area contributed by atoms with Crippen molar-refractivity contribution in [3.05, 3.63) is 45.1 Å². The number of phenols is 1. The molecule has 0 fully saturated rings. The summed E-state index contributed by atoms with van der Waals surface area (Å²) in [5.41, 5.74) is 2.06. The molecule has 2 N–H and O–H groups in total. The second-order valence-corrected chi connectivity index (χ2v) is 5.02. The van der Waals surface area contributed by atoms with Gasteiger partial charge in [-0.15, -0.1) is 11.3 Å². The SMILES string of the molecule is Cc1cc(O)ccc1NCc1cc(Cl)cs1. The first kappa shape index (κ1) is 11.3. The van der Waals surface area contributed by atoms with Crippen LogP contribution in [0.2, 0.25) is 5.02 Å². The van der Waals surface area contributed by atoms with Gasteiger partial charge in [-0.05, 0) is 36.8 Å². The number of thiophene rings is 1.